The largest absolute Gasteiger partial charge is 0.478 e. The van der Waals surface area contributed by atoms with Crippen LogP contribution in [0.2, 0.25) is 5.02 Å². The highest BCUT2D eigenvalue weighted by Gasteiger charge is 2.33. The zero-order chi connectivity index (χ0) is 42.2. The third kappa shape index (κ3) is 8.32. The van der Waals surface area contributed by atoms with Gasteiger partial charge in [0.15, 0.2) is 18.2 Å². The second kappa shape index (κ2) is 17.0. The molecule has 2 atom stereocenters. The minimum atomic E-state index is -0.417. The third-order valence-corrected chi connectivity index (χ3v) is 12.2. The normalized spacial score (nSPS) is 19.3. The maximum Gasteiger partial charge on any atom is 0.294 e. The average Bonchev–Trinajstić information content (AvgIpc) is 3.56. The van der Waals surface area contributed by atoms with Crippen molar-refractivity contribution in [2.24, 2.45) is 13.0 Å². The smallest absolute Gasteiger partial charge is 0.294 e. The molecule has 3 amide bonds. The van der Waals surface area contributed by atoms with Crippen molar-refractivity contribution in [1.82, 2.24) is 44.8 Å². The number of anilines is 4. The number of piperazine rings is 1. The Labute approximate surface area is 352 Å². The number of rotatable bonds is 11. The molecule has 0 spiro atoms. The highest BCUT2D eigenvalue weighted by Crippen LogP contribution is 2.34. The second-order valence-electron chi connectivity index (χ2n) is 16.3. The van der Waals surface area contributed by atoms with Crippen molar-refractivity contribution in [3.05, 3.63) is 63.8 Å². The summed E-state index contributed by atoms with van der Waals surface area (Å²) in [6, 6.07) is 9.92. The summed E-state index contributed by atoms with van der Waals surface area (Å²) in [5, 5.41) is 14.9. The van der Waals surface area contributed by atoms with Crippen molar-refractivity contribution >= 4 is 74.4 Å². The lowest BCUT2D eigenvalue weighted by Gasteiger charge is -2.43. The number of carbonyl (C=O) groups excluding carboxylic acids is 3. The fraction of sp³-hybridized carbons (Fsp3) is 0.476. The van der Waals surface area contributed by atoms with Crippen LogP contribution in [0.1, 0.15) is 64.1 Å². The molecular formula is C42H51ClN12O5. The fourth-order valence-corrected chi connectivity index (χ4v) is 8.77. The molecule has 8 rings (SSSR count). The van der Waals surface area contributed by atoms with Gasteiger partial charge in [-0.3, -0.25) is 38.6 Å². The first-order chi connectivity index (χ1) is 28.9. The van der Waals surface area contributed by atoms with Gasteiger partial charge in [-0.1, -0.05) is 11.6 Å². The summed E-state index contributed by atoms with van der Waals surface area (Å²) in [6.45, 7) is 11.2. The Morgan fingerprint density at radius 1 is 1.02 bits per heavy atom. The number of carbonyl (C=O) groups is 3. The van der Waals surface area contributed by atoms with Crippen molar-refractivity contribution in [2.45, 2.75) is 64.5 Å². The van der Waals surface area contributed by atoms with Crippen molar-refractivity contribution in [3.63, 3.8) is 0 Å². The van der Waals surface area contributed by atoms with Crippen LogP contribution < -0.4 is 36.0 Å². The lowest BCUT2D eigenvalue weighted by atomic mass is 9.92. The Hall–Kier alpha value is -5.81. The number of amides is 3. The lowest BCUT2D eigenvalue weighted by molar-refractivity contribution is -0.134. The van der Waals surface area contributed by atoms with Gasteiger partial charge >= 0.3 is 0 Å². The summed E-state index contributed by atoms with van der Waals surface area (Å²) in [5.41, 5.74) is 3.62. The molecule has 1 aromatic carbocycles. The first kappa shape index (κ1) is 40.9. The van der Waals surface area contributed by atoms with Crippen LogP contribution in [0.3, 0.4) is 0 Å². The molecule has 7 heterocycles. The molecule has 3 saturated heterocycles. The monoisotopic (exact) mass is 838 g/mol. The zero-order valence-corrected chi connectivity index (χ0v) is 35.3. The first-order valence-electron chi connectivity index (χ1n) is 20.6. The minimum Gasteiger partial charge on any atom is -0.478 e. The van der Waals surface area contributed by atoms with Crippen LogP contribution >= 0.6 is 11.6 Å². The van der Waals surface area contributed by atoms with E-state index in [9.17, 15) is 19.2 Å². The van der Waals surface area contributed by atoms with Crippen molar-refractivity contribution in [1.29, 1.82) is 0 Å². The van der Waals surface area contributed by atoms with Crippen LogP contribution in [0.15, 0.2) is 47.5 Å². The van der Waals surface area contributed by atoms with Gasteiger partial charge in [0.05, 0.1) is 35.2 Å². The molecule has 3 fully saturated rings. The number of aromatic nitrogens is 6. The SMILES string of the molecule is CNC(=O)COc1cc2cc(Nc3nc(N4CCN(CC5CCN(c6ccc7c(C8CCC(=O)NC8=O)nn(C)c7c6)CC5)[C@@H](C)C4)ncc3Cl)cnc2n(C(C)C)c1=O. The Morgan fingerprint density at radius 3 is 2.55 bits per heavy atom. The molecule has 60 heavy (non-hydrogen) atoms. The van der Waals surface area contributed by atoms with E-state index in [1.165, 1.54) is 7.05 Å². The lowest BCUT2D eigenvalue weighted by Crippen LogP contribution is -2.54. The predicted molar refractivity (Wildman–Crippen MR) is 230 cm³/mol. The topological polar surface area (TPSA) is 185 Å². The standard InChI is InChI=1S/C42H51ClN12O5/c1-24(2)55-39-27(17-34(41(55)59)60-23-36(57)44-4)16-28(19-45-39)47-38-32(43)20-46-42(49-38)54-15-14-53(25(3)21-54)22-26-10-12-52(13-11-26)29-6-7-30-33(18-29)51(5)50-37(30)31-8-9-35(56)48-40(31)58/h6-7,16-20,24-26,31H,8-15,21-23H2,1-5H3,(H,44,57)(H,46,47,49)(H,48,56,58)/t25-,31?/m0/s1. The summed E-state index contributed by atoms with van der Waals surface area (Å²) in [5.74, 6) is 0.418. The van der Waals surface area contributed by atoms with Crippen LogP contribution in [0.5, 0.6) is 5.75 Å². The molecule has 3 aliphatic rings. The number of likely N-dealkylation sites (N-methyl/N-ethyl adjacent to an activating group) is 1. The number of nitrogens with zero attached hydrogens (tertiary/aromatic N) is 9. The molecule has 0 aliphatic carbocycles. The van der Waals surface area contributed by atoms with Gasteiger partial charge in [-0.25, -0.2) is 9.97 Å². The molecule has 0 bridgehead atoms. The minimum absolute atomic E-state index is 0.0587. The zero-order valence-electron chi connectivity index (χ0n) is 34.6. The molecule has 316 valence electrons. The number of ether oxygens (including phenoxy) is 1. The highest BCUT2D eigenvalue weighted by molar-refractivity contribution is 6.33. The van der Waals surface area contributed by atoms with Gasteiger partial charge in [-0.15, -0.1) is 0 Å². The van der Waals surface area contributed by atoms with Gasteiger partial charge in [0.25, 0.3) is 11.5 Å². The van der Waals surface area contributed by atoms with Crippen LogP contribution in [0.4, 0.5) is 23.1 Å². The van der Waals surface area contributed by atoms with Gasteiger partial charge in [-0.2, -0.15) is 10.1 Å². The number of pyridine rings is 2. The molecule has 0 saturated carbocycles. The molecular weight excluding hydrogens is 788 g/mol. The number of piperidine rings is 2. The van der Waals surface area contributed by atoms with E-state index >= 15 is 0 Å². The number of imide groups is 1. The van der Waals surface area contributed by atoms with E-state index in [1.54, 1.807) is 23.0 Å². The highest BCUT2D eigenvalue weighted by atomic mass is 35.5. The summed E-state index contributed by atoms with van der Waals surface area (Å²) in [6.07, 6.45) is 6.23. The van der Waals surface area contributed by atoms with Gasteiger partial charge < -0.3 is 25.2 Å². The average molecular weight is 839 g/mol. The maximum absolute atomic E-state index is 13.2. The van der Waals surface area contributed by atoms with E-state index < -0.39 is 5.92 Å². The van der Waals surface area contributed by atoms with Crippen molar-refractivity contribution < 1.29 is 19.1 Å². The second-order valence-corrected chi connectivity index (χ2v) is 16.7. The van der Waals surface area contributed by atoms with E-state index in [2.05, 4.69) is 65.7 Å². The van der Waals surface area contributed by atoms with Gasteiger partial charge in [-0.05, 0) is 76.3 Å². The van der Waals surface area contributed by atoms with E-state index in [-0.39, 0.29) is 41.7 Å². The molecule has 17 nitrogen and oxygen atoms in total. The molecule has 3 N–H and O–H groups in total. The number of aryl methyl sites for hydroxylation is 1. The summed E-state index contributed by atoms with van der Waals surface area (Å²) >= 11 is 6.61. The van der Waals surface area contributed by atoms with Crippen LogP contribution in [-0.4, -0.2) is 111 Å². The number of fused-ring (bicyclic) bond motifs is 2. The maximum atomic E-state index is 13.2. The van der Waals surface area contributed by atoms with Gasteiger partial charge in [0.2, 0.25) is 17.8 Å². The van der Waals surface area contributed by atoms with Crippen molar-refractivity contribution in [2.75, 3.05) is 68.0 Å². The van der Waals surface area contributed by atoms with E-state index in [0.29, 0.717) is 58.3 Å². The van der Waals surface area contributed by atoms with Gasteiger partial charge in [0.1, 0.15) is 10.7 Å². The Kier molecular flexibility index (Phi) is 11.6. The summed E-state index contributed by atoms with van der Waals surface area (Å²) in [4.78, 5) is 70.6. The number of halogens is 1. The van der Waals surface area contributed by atoms with E-state index in [0.717, 1.165) is 74.4 Å². The molecule has 18 heteroatoms. The van der Waals surface area contributed by atoms with Gasteiger partial charge in [0, 0.05) is 88.3 Å². The molecule has 1 unspecified atom stereocenters. The van der Waals surface area contributed by atoms with Crippen molar-refractivity contribution in [3.8, 4) is 5.75 Å². The molecule has 4 aromatic heterocycles. The predicted octanol–water partition coefficient (Wildman–Crippen LogP) is 4.12. The Morgan fingerprint density at radius 2 is 1.82 bits per heavy atom. The van der Waals surface area contributed by atoms with Crippen LogP contribution in [0, 0.1) is 5.92 Å². The number of benzene rings is 1. The first-order valence-corrected chi connectivity index (χ1v) is 21.0. The fourth-order valence-electron chi connectivity index (χ4n) is 8.64. The molecule has 5 aromatic rings. The van der Waals surface area contributed by atoms with Crippen LogP contribution in [0.25, 0.3) is 21.9 Å². The quantitative estimate of drug-likeness (QED) is 0.162. The molecule has 3 aliphatic heterocycles. The Balaban J connectivity index is 0.879. The third-order valence-electron chi connectivity index (χ3n) is 11.9. The summed E-state index contributed by atoms with van der Waals surface area (Å²) in [7, 11) is 3.42. The number of nitrogens with one attached hydrogen (secondary N) is 3. The number of hydrogen-bond donors (Lipinski definition) is 3. The van der Waals surface area contributed by atoms with Crippen LogP contribution in [-0.2, 0) is 21.4 Å². The van der Waals surface area contributed by atoms with E-state index in [1.807, 2.05) is 31.6 Å². The Bertz CT molecular complexity index is 2510. The van der Waals surface area contributed by atoms with E-state index in [4.69, 9.17) is 26.4 Å². The summed E-state index contributed by atoms with van der Waals surface area (Å²) < 4.78 is 8.99. The number of hydrogen-bond acceptors (Lipinski definition) is 13. The molecule has 0 radical (unpaired) electrons.